The molecule has 2 N–H and O–H groups in total. The number of carboxylic acid groups (broad SMARTS) is 1. The van der Waals surface area contributed by atoms with E-state index in [1.807, 2.05) is 0 Å². The van der Waals surface area contributed by atoms with Crippen molar-refractivity contribution in [2.24, 2.45) is 0 Å². The number of ether oxygens (including phenoxy) is 2. The van der Waals surface area contributed by atoms with Gasteiger partial charge in [0.2, 0.25) is 0 Å². The van der Waals surface area contributed by atoms with Gasteiger partial charge in [0.25, 0.3) is 5.91 Å². The van der Waals surface area contributed by atoms with Gasteiger partial charge in [0.05, 0.1) is 24.8 Å². The van der Waals surface area contributed by atoms with Crippen LogP contribution in [0.4, 0.5) is 17.6 Å². The molecule has 0 radical (unpaired) electrons. The smallest absolute Gasteiger partial charge is 0.416 e. The van der Waals surface area contributed by atoms with Crippen LogP contribution in [0.3, 0.4) is 0 Å². The van der Waals surface area contributed by atoms with Gasteiger partial charge in [-0.25, -0.2) is 9.18 Å². The minimum Gasteiger partial charge on any atom is -0.496 e. The lowest BCUT2D eigenvalue weighted by Gasteiger charge is -2.22. The maximum atomic E-state index is 14.1. The molecule has 1 atom stereocenters. The highest BCUT2D eigenvalue weighted by atomic mass is 19.4. The van der Waals surface area contributed by atoms with Crippen LogP contribution in [0.5, 0.6) is 5.75 Å². The number of alkyl halides is 3. The number of carbonyl (C=O) groups is 2. The summed E-state index contributed by atoms with van der Waals surface area (Å²) in [6.07, 6.45) is -1.63. The summed E-state index contributed by atoms with van der Waals surface area (Å²) in [6, 6.07) is 6.50. The fourth-order valence-electron chi connectivity index (χ4n) is 3.33. The minimum absolute atomic E-state index is 0.0251. The van der Waals surface area contributed by atoms with E-state index in [1.54, 1.807) is 24.3 Å². The first-order valence-corrected chi connectivity index (χ1v) is 9.41. The lowest BCUT2D eigenvalue weighted by Crippen LogP contribution is -2.39. The van der Waals surface area contributed by atoms with E-state index in [1.165, 1.54) is 13.2 Å². The maximum Gasteiger partial charge on any atom is 0.416 e. The van der Waals surface area contributed by atoms with Crippen molar-refractivity contribution >= 4 is 11.9 Å². The highest BCUT2D eigenvalue weighted by Gasteiger charge is 2.39. The Morgan fingerprint density at radius 2 is 1.97 bits per heavy atom. The molecule has 0 spiro atoms. The molecule has 0 saturated carbocycles. The molecular weight excluding hydrogens is 434 g/mol. The Morgan fingerprint density at radius 1 is 1.22 bits per heavy atom. The van der Waals surface area contributed by atoms with Crippen LogP contribution in [0.15, 0.2) is 48.6 Å². The van der Waals surface area contributed by atoms with Crippen molar-refractivity contribution in [3.63, 3.8) is 0 Å². The van der Waals surface area contributed by atoms with Gasteiger partial charge in [0.1, 0.15) is 11.6 Å². The lowest BCUT2D eigenvalue weighted by molar-refractivity contribution is -0.156. The lowest BCUT2D eigenvalue weighted by atomic mass is 9.93. The first-order chi connectivity index (χ1) is 15.1. The molecule has 1 amide bonds. The van der Waals surface area contributed by atoms with Crippen LogP contribution in [0.2, 0.25) is 0 Å². The van der Waals surface area contributed by atoms with Gasteiger partial charge in [-0.1, -0.05) is 18.2 Å². The summed E-state index contributed by atoms with van der Waals surface area (Å²) in [6.45, 7) is 0.0388. The first-order valence-electron chi connectivity index (χ1n) is 9.41. The third kappa shape index (κ3) is 4.91. The van der Waals surface area contributed by atoms with Crippen LogP contribution >= 0.6 is 0 Å². The highest BCUT2D eigenvalue weighted by Crippen LogP contribution is 2.30. The van der Waals surface area contributed by atoms with E-state index in [9.17, 15) is 32.3 Å². The van der Waals surface area contributed by atoms with E-state index in [0.29, 0.717) is 22.9 Å². The molecule has 2 aromatic rings. The van der Waals surface area contributed by atoms with Crippen molar-refractivity contribution in [2.45, 2.75) is 24.7 Å². The van der Waals surface area contributed by atoms with Gasteiger partial charge < -0.3 is 19.9 Å². The predicted molar refractivity (Wildman–Crippen MR) is 105 cm³/mol. The molecule has 10 heteroatoms. The molecule has 0 bridgehead atoms. The number of rotatable bonds is 7. The van der Waals surface area contributed by atoms with Crippen LogP contribution < -0.4 is 10.1 Å². The SMILES string of the molecule is COc1ccc(CC2(C(=O)O)C=CCO2)cc1CNC(=O)c1ccc(C(F)(F)F)cc1F. The average Bonchev–Trinajstić information content (AvgIpc) is 3.21. The number of hydrogen-bond donors (Lipinski definition) is 2. The molecule has 2 aromatic carbocycles. The predicted octanol–water partition coefficient (Wildman–Crippen LogP) is 3.74. The molecule has 170 valence electrons. The number of aliphatic carboxylic acids is 1. The molecule has 3 rings (SSSR count). The summed E-state index contributed by atoms with van der Waals surface area (Å²) in [5.41, 5.74) is -2.19. The number of benzene rings is 2. The summed E-state index contributed by atoms with van der Waals surface area (Å²) < 4.78 is 62.7. The minimum atomic E-state index is -4.73. The van der Waals surface area contributed by atoms with E-state index < -0.39 is 40.6 Å². The topological polar surface area (TPSA) is 84.9 Å². The number of halogens is 4. The number of carbonyl (C=O) groups excluding carboxylic acids is 1. The molecule has 1 aliphatic heterocycles. The summed E-state index contributed by atoms with van der Waals surface area (Å²) in [7, 11) is 1.40. The van der Waals surface area contributed by atoms with Gasteiger partial charge in [-0.3, -0.25) is 4.79 Å². The van der Waals surface area contributed by atoms with Gasteiger partial charge in [-0.05, 0) is 35.9 Å². The molecule has 32 heavy (non-hydrogen) atoms. The van der Waals surface area contributed by atoms with Gasteiger partial charge in [-0.15, -0.1) is 0 Å². The van der Waals surface area contributed by atoms with Crippen LogP contribution in [-0.4, -0.2) is 36.3 Å². The molecule has 1 unspecified atom stereocenters. The quantitative estimate of drug-likeness (QED) is 0.493. The van der Waals surface area contributed by atoms with E-state index in [2.05, 4.69) is 5.32 Å². The number of methoxy groups -OCH3 is 1. The number of amides is 1. The van der Waals surface area contributed by atoms with Gasteiger partial charge >= 0.3 is 12.1 Å². The van der Waals surface area contributed by atoms with Gasteiger partial charge in [-0.2, -0.15) is 13.2 Å². The highest BCUT2D eigenvalue weighted by molar-refractivity contribution is 5.94. The fraction of sp³-hybridized carbons (Fsp3) is 0.273. The molecular formula is C22H19F4NO5. The largest absolute Gasteiger partial charge is 0.496 e. The second-order valence-corrected chi connectivity index (χ2v) is 7.11. The van der Waals surface area contributed by atoms with Crippen molar-refractivity contribution < 1.29 is 41.7 Å². The molecule has 0 aromatic heterocycles. The van der Waals surface area contributed by atoms with E-state index in [4.69, 9.17) is 9.47 Å². The van der Waals surface area contributed by atoms with Crippen molar-refractivity contribution in [3.05, 3.63) is 76.6 Å². The molecule has 0 saturated heterocycles. The van der Waals surface area contributed by atoms with E-state index in [0.717, 1.165) is 6.07 Å². The van der Waals surface area contributed by atoms with Gasteiger partial charge in [0.15, 0.2) is 5.60 Å². The van der Waals surface area contributed by atoms with Crippen LogP contribution in [-0.2, 0) is 28.7 Å². The Bertz CT molecular complexity index is 1070. The number of hydrogen-bond acceptors (Lipinski definition) is 4. The molecule has 6 nitrogen and oxygen atoms in total. The first kappa shape index (κ1) is 23.3. The Balaban J connectivity index is 1.77. The fourth-order valence-corrected chi connectivity index (χ4v) is 3.33. The zero-order valence-corrected chi connectivity index (χ0v) is 16.8. The zero-order valence-electron chi connectivity index (χ0n) is 16.8. The van der Waals surface area contributed by atoms with Crippen LogP contribution in [0, 0.1) is 5.82 Å². The van der Waals surface area contributed by atoms with E-state index in [-0.39, 0.29) is 25.6 Å². The summed E-state index contributed by atoms with van der Waals surface area (Å²) in [5, 5.41) is 12.0. The number of nitrogens with one attached hydrogen (secondary N) is 1. The maximum absolute atomic E-state index is 14.1. The van der Waals surface area contributed by atoms with Crippen molar-refractivity contribution in [2.75, 3.05) is 13.7 Å². The summed E-state index contributed by atoms with van der Waals surface area (Å²) in [5.74, 6) is -2.97. The van der Waals surface area contributed by atoms with Crippen LogP contribution in [0.1, 0.15) is 27.0 Å². The van der Waals surface area contributed by atoms with E-state index >= 15 is 0 Å². The van der Waals surface area contributed by atoms with Gasteiger partial charge in [0, 0.05) is 18.5 Å². The molecule has 0 fully saturated rings. The monoisotopic (exact) mass is 453 g/mol. The Morgan fingerprint density at radius 3 is 2.53 bits per heavy atom. The summed E-state index contributed by atoms with van der Waals surface area (Å²) >= 11 is 0. The Hall–Kier alpha value is -3.40. The Kier molecular flexibility index (Phi) is 6.54. The van der Waals surface area contributed by atoms with Crippen molar-refractivity contribution in [3.8, 4) is 5.75 Å². The normalized spacial score (nSPS) is 17.9. The Labute approximate surface area is 180 Å². The second kappa shape index (κ2) is 8.99. The second-order valence-electron chi connectivity index (χ2n) is 7.11. The van der Waals surface area contributed by atoms with Crippen molar-refractivity contribution in [1.29, 1.82) is 0 Å². The third-order valence-corrected chi connectivity index (χ3v) is 4.98. The molecule has 0 aliphatic carbocycles. The molecule has 1 aliphatic rings. The number of carboxylic acids is 1. The molecule has 1 heterocycles. The standard InChI is InChI=1S/C22H19F4NO5/c1-31-18-6-3-13(11-21(20(29)30)7-2-8-32-21)9-14(18)12-27-19(28)16-5-4-15(10-17(16)23)22(24,25)26/h2-7,9-10H,8,11-12H2,1H3,(H,27,28)(H,29,30). The van der Waals surface area contributed by atoms with Crippen LogP contribution in [0.25, 0.3) is 0 Å². The zero-order chi connectivity index (χ0) is 23.5. The average molecular weight is 453 g/mol. The summed E-state index contributed by atoms with van der Waals surface area (Å²) in [4.78, 5) is 24.0. The third-order valence-electron chi connectivity index (χ3n) is 4.98. The van der Waals surface area contributed by atoms with Crippen molar-refractivity contribution in [1.82, 2.24) is 5.32 Å².